The number of ketones is 1. The van der Waals surface area contributed by atoms with E-state index in [2.05, 4.69) is 31.9 Å². The van der Waals surface area contributed by atoms with E-state index in [0.717, 1.165) is 5.56 Å². The summed E-state index contributed by atoms with van der Waals surface area (Å²) in [6.45, 7) is 0. The highest BCUT2D eigenvalue weighted by Gasteiger charge is 2.26. The van der Waals surface area contributed by atoms with Crippen LogP contribution in [0.5, 0.6) is 0 Å². The van der Waals surface area contributed by atoms with Gasteiger partial charge in [0.25, 0.3) is 0 Å². The van der Waals surface area contributed by atoms with Crippen LogP contribution >= 0.6 is 31.9 Å². The number of rotatable bonds is 4. The molecule has 0 heterocycles. The van der Waals surface area contributed by atoms with Crippen molar-refractivity contribution in [2.24, 2.45) is 0 Å². The van der Waals surface area contributed by atoms with E-state index in [0.29, 0.717) is 11.3 Å². The first kappa shape index (κ1) is 14.3. The van der Waals surface area contributed by atoms with Gasteiger partial charge in [-0.05, 0) is 17.7 Å². The number of hydrogen-bond donors (Lipinski definition) is 1. The van der Waals surface area contributed by atoms with Crippen molar-refractivity contribution >= 4 is 43.3 Å². The predicted octanol–water partition coefficient (Wildman–Crippen LogP) is 4.35. The lowest BCUT2D eigenvalue weighted by Gasteiger charge is -2.17. The Kier molecular flexibility index (Phi) is 4.77. The van der Waals surface area contributed by atoms with Crippen molar-refractivity contribution in [1.29, 1.82) is 0 Å². The molecule has 2 nitrogen and oxygen atoms in total. The average molecular weight is 383 g/mol. The highest BCUT2D eigenvalue weighted by Crippen LogP contribution is 2.33. The number of hydrogen-bond acceptors (Lipinski definition) is 2. The standard InChI is InChI=1S/C15H13Br2NO/c16-13(10-6-2-1-3-7-10)14(17)15(19)11-8-4-5-9-12(11)18/h1-9,13-14H,18H2. The molecule has 0 aliphatic rings. The number of benzene rings is 2. The molecular weight excluding hydrogens is 370 g/mol. The fourth-order valence-corrected chi connectivity index (χ4v) is 2.91. The topological polar surface area (TPSA) is 43.1 Å². The molecule has 2 unspecified atom stereocenters. The molecule has 19 heavy (non-hydrogen) atoms. The zero-order chi connectivity index (χ0) is 13.8. The maximum Gasteiger partial charge on any atom is 0.180 e. The highest BCUT2D eigenvalue weighted by atomic mass is 79.9. The summed E-state index contributed by atoms with van der Waals surface area (Å²) in [5.74, 6) is -0.0242. The third-order valence-electron chi connectivity index (χ3n) is 2.85. The Morgan fingerprint density at radius 2 is 1.53 bits per heavy atom. The van der Waals surface area contributed by atoms with Crippen LogP contribution in [0.4, 0.5) is 5.69 Å². The number of nitrogens with two attached hydrogens (primary N) is 1. The number of carbonyl (C=O) groups is 1. The summed E-state index contributed by atoms with van der Waals surface area (Å²) >= 11 is 7.03. The summed E-state index contributed by atoms with van der Waals surface area (Å²) in [7, 11) is 0. The molecule has 0 saturated heterocycles. The number of anilines is 1. The van der Waals surface area contributed by atoms with E-state index < -0.39 is 0 Å². The molecule has 4 heteroatoms. The van der Waals surface area contributed by atoms with Crippen LogP contribution in [0.2, 0.25) is 0 Å². The Labute approximate surface area is 129 Å². The third-order valence-corrected chi connectivity index (χ3v) is 5.56. The van der Waals surface area contributed by atoms with E-state index in [-0.39, 0.29) is 15.4 Å². The molecule has 2 rings (SSSR count). The van der Waals surface area contributed by atoms with Crippen molar-refractivity contribution in [3.8, 4) is 0 Å². The SMILES string of the molecule is Nc1ccccc1C(=O)C(Br)C(Br)c1ccccc1. The van der Waals surface area contributed by atoms with Gasteiger partial charge in [0.15, 0.2) is 5.78 Å². The van der Waals surface area contributed by atoms with E-state index in [1.54, 1.807) is 12.1 Å². The third kappa shape index (κ3) is 3.25. The minimum absolute atomic E-state index is 0.0242. The van der Waals surface area contributed by atoms with Gasteiger partial charge in [0, 0.05) is 11.3 Å². The van der Waals surface area contributed by atoms with Crippen LogP contribution in [-0.2, 0) is 0 Å². The lowest BCUT2D eigenvalue weighted by Crippen LogP contribution is -2.20. The molecule has 0 amide bonds. The normalized spacial score (nSPS) is 13.8. The number of nitrogen functional groups attached to an aromatic ring is 1. The first-order valence-corrected chi connectivity index (χ1v) is 7.66. The number of carbonyl (C=O) groups excluding carboxylic acids is 1. The fourth-order valence-electron chi connectivity index (χ4n) is 1.81. The van der Waals surface area contributed by atoms with Crippen LogP contribution in [0.3, 0.4) is 0 Å². The number of para-hydroxylation sites is 1. The molecule has 0 radical (unpaired) electrons. The van der Waals surface area contributed by atoms with Crippen LogP contribution in [0.25, 0.3) is 0 Å². The van der Waals surface area contributed by atoms with Gasteiger partial charge in [-0.25, -0.2) is 0 Å². The fraction of sp³-hybridized carbons (Fsp3) is 0.133. The van der Waals surface area contributed by atoms with E-state index in [1.807, 2.05) is 42.5 Å². The first-order valence-electron chi connectivity index (χ1n) is 5.83. The molecular formula is C15H13Br2NO. The minimum atomic E-state index is -0.361. The van der Waals surface area contributed by atoms with Gasteiger partial charge in [-0.3, -0.25) is 4.79 Å². The summed E-state index contributed by atoms with van der Waals surface area (Å²) in [4.78, 5) is 12.0. The summed E-state index contributed by atoms with van der Waals surface area (Å²) in [6.07, 6.45) is 0. The molecule has 0 bridgehead atoms. The largest absolute Gasteiger partial charge is 0.398 e. The molecule has 98 valence electrons. The van der Waals surface area contributed by atoms with Crippen LogP contribution < -0.4 is 5.73 Å². The van der Waals surface area contributed by atoms with Crippen molar-refractivity contribution < 1.29 is 4.79 Å². The number of Topliss-reactive ketones (excluding diaryl/α,β-unsaturated/α-hetero) is 1. The summed E-state index contributed by atoms with van der Waals surface area (Å²) in [5.41, 5.74) is 7.94. The summed E-state index contributed by atoms with van der Waals surface area (Å²) in [5, 5.41) is 0. The van der Waals surface area contributed by atoms with Crippen LogP contribution in [0, 0.1) is 0 Å². The van der Waals surface area contributed by atoms with E-state index in [9.17, 15) is 4.79 Å². The van der Waals surface area contributed by atoms with Crippen molar-refractivity contribution in [2.75, 3.05) is 5.73 Å². The Balaban J connectivity index is 2.23. The van der Waals surface area contributed by atoms with E-state index in [4.69, 9.17) is 5.73 Å². The number of alkyl halides is 2. The van der Waals surface area contributed by atoms with E-state index >= 15 is 0 Å². The van der Waals surface area contributed by atoms with Crippen LogP contribution in [-0.4, -0.2) is 10.6 Å². The zero-order valence-corrected chi connectivity index (χ0v) is 13.3. The van der Waals surface area contributed by atoms with Crippen LogP contribution in [0.1, 0.15) is 20.7 Å². The van der Waals surface area contributed by atoms with Gasteiger partial charge in [0.2, 0.25) is 0 Å². The summed E-state index contributed by atoms with van der Waals surface area (Å²) in [6, 6.07) is 16.9. The van der Waals surface area contributed by atoms with Gasteiger partial charge >= 0.3 is 0 Å². The van der Waals surface area contributed by atoms with Gasteiger partial charge in [-0.2, -0.15) is 0 Å². The predicted molar refractivity (Wildman–Crippen MR) is 86.0 cm³/mol. The Morgan fingerprint density at radius 3 is 2.16 bits per heavy atom. The van der Waals surface area contributed by atoms with Gasteiger partial charge in [0.05, 0.1) is 9.65 Å². The molecule has 2 N–H and O–H groups in total. The Hall–Kier alpha value is -1.13. The molecule has 0 aliphatic heterocycles. The molecule has 0 aromatic heterocycles. The molecule has 0 spiro atoms. The van der Waals surface area contributed by atoms with Crippen molar-refractivity contribution in [3.05, 3.63) is 65.7 Å². The van der Waals surface area contributed by atoms with Crippen molar-refractivity contribution in [2.45, 2.75) is 9.65 Å². The molecule has 2 atom stereocenters. The highest BCUT2D eigenvalue weighted by molar-refractivity contribution is 9.12. The lowest BCUT2D eigenvalue weighted by atomic mass is 10.0. The minimum Gasteiger partial charge on any atom is -0.398 e. The molecule has 0 aliphatic carbocycles. The lowest BCUT2D eigenvalue weighted by molar-refractivity contribution is 0.0992. The van der Waals surface area contributed by atoms with Crippen molar-refractivity contribution in [1.82, 2.24) is 0 Å². The second-order valence-corrected chi connectivity index (χ2v) is 6.14. The van der Waals surface area contributed by atoms with Crippen LogP contribution in [0.15, 0.2) is 54.6 Å². The Morgan fingerprint density at radius 1 is 0.947 bits per heavy atom. The molecule has 0 fully saturated rings. The zero-order valence-electron chi connectivity index (χ0n) is 10.1. The smallest absolute Gasteiger partial charge is 0.180 e. The maximum absolute atomic E-state index is 12.4. The second-order valence-electron chi connectivity index (χ2n) is 4.17. The van der Waals surface area contributed by atoms with Crippen molar-refractivity contribution in [3.63, 3.8) is 0 Å². The second kappa shape index (κ2) is 6.35. The van der Waals surface area contributed by atoms with Gasteiger partial charge in [-0.15, -0.1) is 0 Å². The molecule has 2 aromatic rings. The molecule has 0 saturated carbocycles. The van der Waals surface area contributed by atoms with Gasteiger partial charge < -0.3 is 5.73 Å². The maximum atomic E-state index is 12.4. The quantitative estimate of drug-likeness (QED) is 0.485. The monoisotopic (exact) mass is 381 g/mol. The van der Waals surface area contributed by atoms with E-state index in [1.165, 1.54) is 0 Å². The number of halogens is 2. The van der Waals surface area contributed by atoms with Gasteiger partial charge in [0.1, 0.15) is 0 Å². The first-order chi connectivity index (χ1) is 9.11. The summed E-state index contributed by atoms with van der Waals surface area (Å²) < 4.78 is 0. The van der Waals surface area contributed by atoms with Gasteiger partial charge in [-0.1, -0.05) is 74.3 Å². The molecule has 2 aromatic carbocycles. The average Bonchev–Trinajstić information content (AvgIpc) is 2.46. The Bertz CT molecular complexity index is 571.